The highest BCUT2D eigenvalue weighted by Gasteiger charge is 2.23. The Morgan fingerprint density at radius 2 is 2.14 bits per heavy atom. The van der Waals surface area contributed by atoms with Gasteiger partial charge in [0.1, 0.15) is 17.6 Å². The average Bonchev–Trinajstić information content (AvgIpc) is 2.82. The maximum absolute atomic E-state index is 13.3. The number of rotatable bonds is 3. The summed E-state index contributed by atoms with van der Waals surface area (Å²) in [5.74, 6) is -1.00. The minimum atomic E-state index is -0.708. The number of aromatic nitrogens is 1. The predicted octanol–water partition coefficient (Wildman–Crippen LogP) is 1.87. The van der Waals surface area contributed by atoms with Gasteiger partial charge in [0.25, 0.3) is 0 Å². The second kappa shape index (κ2) is 5.54. The van der Waals surface area contributed by atoms with Gasteiger partial charge in [-0.2, -0.15) is 5.26 Å². The van der Waals surface area contributed by atoms with Crippen molar-refractivity contribution in [1.82, 2.24) is 4.57 Å². The molecule has 0 saturated heterocycles. The van der Waals surface area contributed by atoms with Crippen LogP contribution in [0.3, 0.4) is 0 Å². The molecule has 6 nitrogen and oxygen atoms in total. The minimum Gasteiger partial charge on any atom is -0.494 e. The Balaban J connectivity index is 2.75. The first kappa shape index (κ1) is 14.4. The number of nitrogens with two attached hydrogens (primary N) is 1. The van der Waals surface area contributed by atoms with Crippen LogP contribution in [0.25, 0.3) is 5.69 Å². The molecule has 2 aromatic rings. The zero-order chi connectivity index (χ0) is 15.6. The first-order valence-electron chi connectivity index (χ1n) is 5.86. The fourth-order valence-electron chi connectivity index (χ4n) is 1.96. The molecule has 0 fully saturated rings. The van der Waals surface area contributed by atoms with Crippen LogP contribution in [-0.4, -0.2) is 24.8 Å². The Hall–Kier alpha value is -3.01. The molecule has 0 radical (unpaired) electrons. The van der Waals surface area contributed by atoms with E-state index in [0.717, 1.165) is 0 Å². The van der Waals surface area contributed by atoms with Crippen molar-refractivity contribution in [3.05, 3.63) is 41.5 Å². The molecule has 0 spiro atoms. The molecule has 0 unspecified atom stereocenters. The summed E-state index contributed by atoms with van der Waals surface area (Å²) in [7, 11) is 2.57. The molecule has 0 amide bonds. The van der Waals surface area contributed by atoms with Crippen LogP contribution >= 0.6 is 0 Å². The fraction of sp³-hybridized carbons (Fsp3) is 0.143. The number of benzene rings is 1. The van der Waals surface area contributed by atoms with Crippen LogP contribution in [0.15, 0.2) is 24.4 Å². The normalized spacial score (nSPS) is 10.0. The van der Waals surface area contributed by atoms with E-state index in [9.17, 15) is 9.18 Å². The van der Waals surface area contributed by atoms with Gasteiger partial charge in [-0.15, -0.1) is 0 Å². The van der Waals surface area contributed by atoms with Crippen molar-refractivity contribution in [2.45, 2.75) is 0 Å². The molecule has 1 aromatic carbocycles. The summed E-state index contributed by atoms with van der Waals surface area (Å²) in [5, 5.41) is 9.04. The van der Waals surface area contributed by atoms with Gasteiger partial charge in [-0.05, 0) is 12.1 Å². The highest BCUT2D eigenvalue weighted by atomic mass is 19.1. The monoisotopic (exact) mass is 289 g/mol. The molecule has 21 heavy (non-hydrogen) atoms. The topological polar surface area (TPSA) is 90.3 Å². The van der Waals surface area contributed by atoms with Crippen LogP contribution < -0.4 is 10.5 Å². The van der Waals surface area contributed by atoms with Gasteiger partial charge in [-0.25, -0.2) is 9.18 Å². The van der Waals surface area contributed by atoms with E-state index >= 15 is 0 Å². The molecule has 108 valence electrons. The summed E-state index contributed by atoms with van der Waals surface area (Å²) in [6, 6.07) is 5.68. The average molecular weight is 289 g/mol. The minimum absolute atomic E-state index is 0.00396. The number of methoxy groups -OCH3 is 2. The van der Waals surface area contributed by atoms with Crippen molar-refractivity contribution in [2.24, 2.45) is 0 Å². The number of anilines is 1. The molecule has 0 aliphatic rings. The highest BCUT2D eigenvalue weighted by molar-refractivity contribution is 5.96. The maximum atomic E-state index is 13.3. The van der Waals surface area contributed by atoms with E-state index in [1.807, 2.05) is 6.07 Å². The van der Waals surface area contributed by atoms with Gasteiger partial charge in [0.2, 0.25) is 0 Å². The molecular formula is C14H12FN3O3. The first-order chi connectivity index (χ1) is 10.0. The summed E-state index contributed by atoms with van der Waals surface area (Å²) in [5.41, 5.74) is 6.25. The second-order valence-electron chi connectivity index (χ2n) is 4.09. The molecule has 0 bridgehead atoms. The van der Waals surface area contributed by atoms with Crippen molar-refractivity contribution < 1.29 is 18.7 Å². The summed E-state index contributed by atoms with van der Waals surface area (Å²) >= 11 is 0. The van der Waals surface area contributed by atoms with Crippen LogP contribution in [0.5, 0.6) is 5.75 Å². The van der Waals surface area contributed by atoms with Gasteiger partial charge >= 0.3 is 5.97 Å². The Morgan fingerprint density at radius 1 is 1.43 bits per heavy atom. The lowest BCUT2D eigenvalue weighted by Crippen LogP contribution is -2.11. The van der Waals surface area contributed by atoms with Crippen molar-refractivity contribution in [2.75, 3.05) is 20.0 Å². The molecular weight excluding hydrogens is 277 g/mol. The van der Waals surface area contributed by atoms with Crippen LogP contribution in [-0.2, 0) is 4.74 Å². The largest absolute Gasteiger partial charge is 0.494 e. The third kappa shape index (κ3) is 2.39. The number of hydrogen-bond acceptors (Lipinski definition) is 5. The summed E-state index contributed by atoms with van der Waals surface area (Å²) in [6.45, 7) is 0. The first-order valence-corrected chi connectivity index (χ1v) is 5.86. The number of nitrogen functional groups attached to an aromatic ring is 1. The quantitative estimate of drug-likeness (QED) is 0.871. The van der Waals surface area contributed by atoms with E-state index in [0.29, 0.717) is 5.69 Å². The predicted molar refractivity (Wildman–Crippen MR) is 72.7 cm³/mol. The number of carbonyl (C=O) groups is 1. The number of hydrogen-bond donors (Lipinski definition) is 1. The molecule has 0 aliphatic heterocycles. The Morgan fingerprint density at radius 3 is 2.71 bits per heavy atom. The molecule has 0 aliphatic carbocycles. The van der Waals surface area contributed by atoms with Gasteiger partial charge < -0.3 is 19.8 Å². The number of nitriles is 1. The summed E-state index contributed by atoms with van der Waals surface area (Å²) < 4.78 is 24.4. The van der Waals surface area contributed by atoms with Crippen molar-refractivity contribution in [3.8, 4) is 17.5 Å². The number of esters is 1. The van der Waals surface area contributed by atoms with E-state index in [2.05, 4.69) is 4.74 Å². The van der Waals surface area contributed by atoms with Gasteiger partial charge in [-0.1, -0.05) is 0 Å². The molecule has 2 N–H and O–H groups in total. The van der Waals surface area contributed by atoms with Gasteiger partial charge in [-0.3, -0.25) is 0 Å². The van der Waals surface area contributed by atoms with E-state index in [4.69, 9.17) is 15.7 Å². The fourth-order valence-corrected chi connectivity index (χ4v) is 1.96. The Kier molecular flexibility index (Phi) is 3.80. The number of ether oxygens (including phenoxy) is 2. The summed E-state index contributed by atoms with van der Waals surface area (Å²) in [6.07, 6.45) is 1.37. The third-order valence-corrected chi connectivity index (χ3v) is 2.94. The Bertz CT molecular complexity index is 747. The number of halogens is 1. The van der Waals surface area contributed by atoms with Crippen LogP contribution in [0.4, 0.5) is 10.1 Å². The number of carbonyl (C=O) groups excluding carboxylic acids is 1. The van der Waals surface area contributed by atoms with Gasteiger partial charge in [0, 0.05) is 12.3 Å². The molecule has 0 saturated carbocycles. The van der Waals surface area contributed by atoms with Crippen LogP contribution in [0.1, 0.15) is 16.1 Å². The van der Waals surface area contributed by atoms with Crippen molar-refractivity contribution >= 4 is 11.7 Å². The van der Waals surface area contributed by atoms with Crippen molar-refractivity contribution in [1.29, 1.82) is 5.26 Å². The van der Waals surface area contributed by atoms with E-state index in [1.54, 1.807) is 0 Å². The van der Waals surface area contributed by atoms with E-state index in [-0.39, 0.29) is 22.7 Å². The molecule has 1 aromatic heterocycles. The molecule has 1 heterocycles. The standard InChI is InChI=1S/C14H12FN3O3/c1-20-11-5-9(15)3-4-10(11)18-7-8(6-16)12(17)13(18)14(19)21-2/h3-5,7H,17H2,1-2H3. The second-order valence-corrected chi connectivity index (χ2v) is 4.09. The zero-order valence-electron chi connectivity index (χ0n) is 11.4. The lowest BCUT2D eigenvalue weighted by molar-refractivity contribution is 0.0593. The lowest BCUT2D eigenvalue weighted by Gasteiger charge is -2.12. The molecule has 7 heteroatoms. The van der Waals surface area contributed by atoms with Gasteiger partial charge in [0.15, 0.2) is 5.69 Å². The van der Waals surface area contributed by atoms with Gasteiger partial charge in [0.05, 0.1) is 31.2 Å². The molecule has 2 rings (SSSR count). The molecule has 0 atom stereocenters. The zero-order valence-corrected chi connectivity index (χ0v) is 11.4. The maximum Gasteiger partial charge on any atom is 0.357 e. The van der Waals surface area contributed by atoms with E-state index in [1.165, 1.54) is 43.2 Å². The SMILES string of the molecule is COC(=O)c1c(N)c(C#N)cn1-c1ccc(F)cc1OC. The third-order valence-electron chi connectivity index (χ3n) is 2.94. The summed E-state index contributed by atoms with van der Waals surface area (Å²) in [4.78, 5) is 11.9. The van der Waals surface area contributed by atoms with E-state index < -0.39 is 11.8 Å². The number of nitrogens with zero attached hydrogens (tertiary/aromatic N) is 2. The van der Waals surface area contributed by atoms with Crippen LogP contribution in [0, 0.1) is 17.1 Å². The van der Waals surface area contributed by atoms with Crippen molar-refractivity contribution in [3.63, 3.8) is 0 Å². The lowest BCUT2D eigenvalue weighted by atomic mass is 10.2. The smallest absolute Gasteiger partial charge is 0.357 e. The Labute approximate surface area is 120 Å². The highest BCUT2D eigenvalue weighted by Crippen LogP contribution is 2.30. The van der Waals surface area contributed by atoms with Crippen LogP contribution in [0.2, 0.25) is 0 Å².